The molecule has 6 heteroatoms. The van der Waals surface area contributed by atoms with Gasteiger partial charge in [0.2, 0.25) is 0 Å². The Bertz CT molecular complexity index is 276. The molecule has 2 aliphatic rings. The van der Waals surface area contributed by atoms with Gasteiger partial charge in [0.15, 0.2) is 6.29 Å². The zero-order valence-electron chi connectivity index (χ0n) is 11.2. The van der Waals surface area contributed by atoms with E-state index in [1.54, 1.807) is 0 Å². The predicted molar refractivity (Wildman–Crippen MR) is 66.3 cm³/mol. The number of aliphatic hydroxyl groups excluding tert-OH is 4. The number of hydrogen-bond acceptors (Lipinski definition) is 6. The molecule has 1 aliphatic heterocycles. The number of aliphatic hydroxyl groups is 4. The Morgan fingerprint density at radius 2 is 1.58 bits per heavy atom. The van der Waals surface area contributed by atoms with E-state index in [1.165, 1.54) is 0 Å². The average molecular weight is 276 g/mol. The van der Waals surface area contributed by atoms with Crippen molar-refractivity contribution < 1.29 is 29.9 Å². The second-order valence-electron chi connectivity index (χ2n) is 5.49. The minimum absolute atomic E-state index is 0.0806. The van der Waals surface area contributed by atoms with Crippen LogP contribution >= 0.6 is 0 Å². The van der Waals surface area contributed by atoms with Crippen molar-refractivity contribution in [1.82, 2.24) is 0 Å². The molecule has 1 heterocycles. The van der Waals surface area contributed by atoms with E-state index in [0.29, 0.717) is 32.1 Å². The Labute approximate surface area is 113 Å². The van der Waals surface area contributed by atoms with Gasteiger partial charge in [0.05, 0.1) is 18.3 Å². The highest BCUT2D eigenvalue weighted by Gasteiger charge is 2.44. The van der Waals surface area contributed by atoms with Crippen LogP contribution in [-0.4, -0.2) is 63.3 Å². The molecule has 0 aromatic carbocycles. The maximum Gasteiger partial charge on any atom is 0.186 e. The van der Waals surface area contributed by atoms with Crippen molar-refractivity contribution in [3.8, 4) is 0 Å². The molecule has 2 fully saturated rings. The van der Waals surface area contributed by atoms with Crippen molar-refractivity contribution in [2.45, 2.75) is 81.9 Å². The maximum absolute atomic E-state index is 9.89. The van der Waals surface area contributed by atoms with Gasteiger partial charge in [-0.3, -0.25) is 0 Å². The molecule has 1 saturated heterocycles. The van der Waals surface area contributed by atoms with E-state index in [4.69, 9.17) is 9.47 Å². The third-order valence-electron chi connectivity index (χ3n) is 4.04. The fourth-order valence-electron chi connectivity index (χ4n) is 2.74. The molecule has 0 bridgehead atoms. The number of rotatable bonds is 3. The summed E-state index contributed by atoms with van der Waals surface area (Å²) in [5.41, 5.74) is 0. The molecule has 112 valence electrons. The first kappa shape index (κ1) is 15.2. The van der Waals surface area contributed by atoms with E-state index in [1.807, 2.05) is 6.92 Å². The predicted octanol–water partition coefficient (Wildman–Crippen LogP) is -0.476. The SMILES string of the molecule is CCC1OC(OC2CCC(O)CC2)C(O)C(O)C1O. The van der Waals surface area contributed by atoms with Crippen LogP contribution in [0.1, 0.15) is 39.0 Å². The molecule has 5 atom stereocenters. The third kappa shape index (κ3) is 3.45. The second-order valence-corrected chi connectivity index (χ2v) is 5.49. The summed E-state index contributed by atoms with van der Waals surface area (Å²) in [5, 5.41) is 38.9. The Morgan fingerprint density at radius 3 is 2.16 bits per heavy atom. The zero-order chi connectivity index (χ0) is 14.0. The van der Waals surface area contributed by atoms with Crippen molar-refractivity contribution in [3.63, 3.8) is 0 Å². The van der Waals surface area contributed by atoms with Crippen LogP contribution in [0.15, 0.2) is 0 Å². The number of ether oxygens (including phenoxy) is 2. The van der Waals surface area contributed by atoms with Gasteiger partial charge in [0, 0.05) is 0 Å². The Morgan fingerprint density at radius 1 is 0.947 bits per heavy atom. The van der Waals surface area contributed by atoms with Crippen molar-refractivity contribution in [1.29, 1.82) is 0 Å². The van der Waals surface area contributed by atoms with Crippen molar-refractivity contribution in [3.05, 3.63) is 0 Å². The summed E-state index contributed by atoms with van der Waals surface area (Å²) in [7, 11) is 0. The molecule has 0 spiro atoms. The topological polar surface area (TPSA) is 99.4 Å². The first-order valence-electron chi connectivity index (χ1n) is 7.06. The molecule has 0 aromatic rings. The van der Waals surface area contributed by atoms with Crippen molar-refractivity contribution in [2.75, 3.05) is 0 Å². The standard InChI is InChI=1S/C13H24O6/c1-2-9-10(15)11(16)12(17)13(19-9)18-8-5-3-7(14)4-6-8/h7-17H,2-6H2,1H3. The van der Waals surface area contributed by atoms with Gasteiger partial charge in [0.25, 0.3) is 0 Å². The van der Waals surface area contributed by atoms with Crippen molar-refractivity contribution >= 4 is 0 Å². The Kier molecular flexibility index (Phi) is 5.16. The highest BCUT2D eigenvalue weighted by molar-refractivity contribution is 4.89. The minimum Gasteiger partial charge on any atom is -0.393 e. The molecule has 0 aromatic heterocycles. The summed E-state index contributed by atoms with van der Waals surface area (Å²) < 4.78 is 11.2. The molecule has 2 rings (SSSR count). The van der Waals surface area contributed by atoms with Gasteiger partial charge in [0.1, 0.15) is 18.3 Å². The van der Waals surface area contributed by atoms with Gasteiger partial charge in [-0.1, -0.05) is 6.92 Å². The molecular formula is C13H24O6. The monoisotopic (exact) mass is 276 g/mol. The summed E-state index contributed by atoms with van der Waals surface area (Å²) in [6.45, 7) is 1.84. The van der Waals surface area contributed by atoms with Crippen LogP contribution in [0.25, 0.3) is 0 Å². The fraction of sp³-hybridized carbons (Fsp3) is 1.00. The molecule has 6 nitrogen and oxygen atoms in total. The smallest absolute Gasteiger partial charge is 0.186 e. The fourth-order valence-corrected chi connectivity index (χ4v) is 2.74. The second kappa shape index (κ2) is 6.47. The van der Waals surface area contributed by atoms with Gasteiger partial charge in [-0.25, -0.2) is 0 Å². The first-order chi connectivity index (χ1) is 9.02. The first-order valence-corrected chi connectivity index (χ1v) is 7.06. The lowest BCUT2D eigenvalue weighted by atomic mass is 9.94. The Hall–Kier alpha value is -0.240. The summed E-state index contributed by atoms with van der Waals surface area (Å²) in [5.74, 6) is 0. The highest BCUT2D eigenvalue weighted by Crippen LogP contribution is 2.28. The third-order valence-corrected chi connectivity index (χ3v) is 4.04. The highest BCUT2D eigenvalue weighted by atomic mass is 16.7. The van der Waals surface area contributed by atoms with Crippen LogP contribution in [0.4, 0.5) is 0 Å². The van der Waals surface area contributed by atoms with Crippen LogP contribution in [-0.2, 0) is 9.47 Å². The lowest BCUT2D eigenvalue weighted by Gasteiger charge is -2.41. The molecular weight excluding hydrogens is 252 g/mol. The van der Waals surface area contributed by atoms with Gasteiger partial charge in [-0.15, -0.1) is 0 Å². The van der Waals surface area contributed by atoms with E-state index in [9.17, 15) is 20.4 Å². The van der Waals surface area contributed by atoms with Gasteiger partial charge >= 0.3 is 0 Å². The quantitative estimate of drug-likeness (QED) is 0.556. The summed E-state index contributed by atoms with van der Waals surface area (Å²) >= 11 is 0. The maximum atomic E-state index is 9.89. The van der Waals surface area contributed by atoms with Crippen molar-refractivity contribution in [2.24, 2.45) is 0 Å². The molecule has 0 radical (unpaired) electrons. The molecule has 1 saturated carbocycles. The normalized spacial score (nSPS) is 48.2. The average Bonchev–Trinajstić information content (AvgIpc) is 2.42. The molecule has 4 N–H and O–H groups in total. The number of hydrogen-bond donors (Lipinski definition) is 4. The van der Waals surface area contributed by atoms with Gasteiger partial charge in [-0.05, 0) is 32.1 Å². The molecule has 0 amide bonds. The lowest BCUT2D eigenvalue weighted by Crippen LogP contribution is -2.58. The van der Waals surface area contributed by atoms with Gasteiger partial charge in [-0.2, -0.15) is 0 Å². The van der Waals surface area contributed by atoms with Gasteiger partial charge < -0.3 is 29.9 Å². The Balaban J connectivity index is 1.91. The van der Waals surface area contributed by atoms with Crippen LogP contribution < -0.4 is 0 Å². The van der Waals surface area contributed by atoms with Crippen LogP contribution in [0.5, 0.6) is 0 Å². The van der Waals surface area contributed by atoms with E-state index < -0.39 is 30.7 Å². The lowest BCUT2D eigenvalue weighted by molar-refractivity contribution is -0.310. The van der Waals surface area contributed by atoms with Crippen LogP contribution in [0.3, 0.4) is 0 Å². The van der Waals surface area contributed by atoms with E-state index in [-0.39, 0.29) is 12.2 Å². The minimum atomic E-state index is -1.25. The summed E-state index contributed by atoms with van der Waals surface area (Å²) in [6.07, 6.45) is -2.07. The summed E-state index contributed by atoms with van der Waals surface area (Å²) in [6, 6.07) is 0. The molecule has 19 heavy (non-hydrogen) atoms. The largest absolute Gasteiger partial charge is 0.393 e. The molecule has 5 unspecified atom stereocenters. The molecule has 1 aliphatic carbocycles. The van der Waals surface area contributed by atoms with Crippen LogP contribution in [0, 0.1) is 0 Å². The van der Waals surface area contributed by atoms with E-state index in [2.05, 4.69) is 0 Å². The van der Waals surface area contributed by atoms with E-state index in [0.717, 1.165) is 0 Å². The van der Waals surface area contributed by atoms with Crippen LogP contribution in [0.2, 0.25) is 0 Å². The van der Waals surface area contributed by atoms with E-state index >= 15 is 0 Å². The summed E-state index contributed by atoms with van der Waals surface area (Å²) in [4.78, 5) is 0. The zero-order valence-corrected chi connectivity index (χ0v) is 11.2.